The average Bonchev–Trinajstić information content (AvgIpc) is 2.60. The van der Waals surface area contributed by atoms with E-state index in [4.69, 9.17) is 15.3 Å². The van der Waals surface area contributed by atoms with E-state index in [0.717, 1.165) is 6.20 Å². The first-order valence-electron chi connectivity index (χ1n) is 6.89. The van der Waals surface area contributed by atoms with Gasteiger partial charge in [0, 0.05) is 12.6 Å². The molecule has 2 aromatic rings. The van der Waals surface area contributed by atoms with Crippen molar-refractivity contribution in [3.8, 4) is 6.01 Å². The van der Waals surface area contributed by atoms with Crippen LogP contribution in [0.3, 0.4) is 0 Å². The molecule has 2 rings (SSSR count). The number of rotatable bonds is 6. The number of carbonyl (C=O) groups is 1. The Balaban J connectivity index is 2.26. The lowest BCUT2D eigenvalue weighted by molar-refractivity contribution is -0.114. The normalized spacial score (nSPS) is 11.0. The Morgan fingerprint density at radius 1 is 1.42 bits per heavy atom. The minimum Gasteiger partial charge on any atom is -0.459 e. The first-order chi connectivity index (χ1) is 11.6. The summed E-state index contributed by atoms with van der Waals surface area (Å²) in [4.78, 5) is 24.1. The van der Waals surface area contributed by atoms with Gasteiger partial charge in [-0.15, -0.1) is 0 Å². The van der Waals surface area contributed by atoms with Crippen LogP contribution in [-0.2, 0) is 16.2 Å². The minimum atomic E-state index is -0.725. The zero-order valence-electron chi connectivity index (χ0n) is 13.1. The van der Waals surface area contributed by atoms with Crippen LogP contribution < -0.4 is 15.8 Å². The first-order valence-corrected chi connectivity index (χ1v) is 6.89. The van der Waals surface area contributed by atoms with Crippen LogP contribution in [0.1, 0.15) is 11.1 Å². The Morgan fingerprint density at radius 3 is 2.83 bits per heavy atom. The average molecular weight is 333 g/mol. The number of nitrogens with zero attached hydrogens (tertiary/aromatic N) is 3. The van der Waals surface area contributed by atoms with E-state index in [-0.39, 0.29) is 24.1 Å². The molecule has 0 atom stereocenters. The Bertz CT molecular complexity index is 767. The Morgan fingerprint density at radius 2 is 2.17 bits per heavy atom. The molecule has 0 aliphatic rings. The molecule has 24 heavy (non-hydrogen) atoms. The van der Waals surface area contributed by atoms with Crippen molar-refractivity contribution in [1.82, 2.24) is 15.3 Å². The van der Waals surface area contributed by atoms with Gasteiger partial charge in [-0.3, -0.25) is 4.79 Å². The van der Waals surface area contributed by atoms with Crippen molar-refractivity contribution < 1.29 is 18.8 Å². The number of oxime groups is 1. The maximum atomic E-state index is 13.1. The van der Waals surface area contributed by atoms with Crippen LogP contribution in [0.15, 0.2) is 35.6 Å². The molecule has 3 N–H and O–H groups in total. The SMILES string of the molecule is CNC(=O)/C(=N/OC)c1ccccc1COc1ncc(F)c(N)n1. The van der Waals surface area contributed by atoms with E-state index in [1.54, 1.807) is 24.3 Å². The third-order valence-electron chi connectivity index (χ3n) is 3.00. The van der Waals surface area contributed by atoms with Crippen molar-refractivity contribution in [2.45, 2.75) is 6.61 Å². The largest absolute Gasteiger partial charge is 0.459 e. The second-order valence-electron chi connectivity index (χ2n) is 4.53. The zero-order valence-corrected chi connectivity index (χ0v) is 13.1. The molecule has 1 heterocycles. The van der Waals surface area contributed by atoms with Crippen LogP contribution in [0.25, 0.3) is 0 Å². The molecule has 0 unspecified atom stereocenters. The molecule has 126 valence electrons. The van der Waals surface area contributed by atoms with Gasteiger partial charge in [0.15, 0.2) is 17.3 Å². The third-order valence-corrected chi connectivity index (χ3v) is 3.00. The lowest BCUT2D eigenvalue weighted by Gasteiger charge is -2.11. The number of hydrogen-bond donors (Lipinski definition) is 2. The molecule has 9 heteroatoms. The number of hydrogen-bond acceptors (Lipinski definition) is 7. The second kappa shape index (κ2) is 7.86. The van der Waals surface area contributed by atoms with Crippen LogP contribution in [0.2, 0.25) is 0 Å². The first kappa shape index (κ1) is 17.1. The molecule has 8 nitrogen and oxygen atoms in total. The van der Waals surface area contributed by atoms with Crippen molar-refractivity contribution in [2.24, 2.45) is 5.16 Å². The van der Waals surface area contributed by atoms with Gasteiger partial charge >= 0.3 is 6.01 Å². The zero-order chi connectivity index (χ0) is 17.5. The van der Waals surface area contributed by atoms with Crippen molar-refractivity contribution in [3.63, 3.8) is 0 Å². The highest BCUT2D eigenvalue weighted by atomic mass is 19.1. The van der Waals surface area contributed by atoms with Gasteiger partial charge in [0.25, 0.3) is 5.91 Å². The summed E-state index contributed by atoms with van der Waals surface area (Å²) < 4.78 is 18.5. The molecule has 0 radical (unpaired) electrons. The smallest absolute Gasteiger partial charge is 0.318 e. The Hall–Kier alpha value is -3.23. The van der Waals surface area contributed by atoms with Gasteiger partial charge in [-0.1, -0.05) is 29.4 Å². The number of nitrogens with one attached hydrogen (secondary N) is 1. The molecular weight excluding hydrogens is 317 g/mol. The summed E-state index contributed by atoms with van der Waals surface area (Å²) in [6.45, 7) is 0.0287. The number of anilines is 1. The molecule has 0 aliphatic carbocycles. The number of benzene rings is 1. The lowest BCUT2D eigenvalue weighted by Crippen LogP contribution is -2.29. The number of aromatic nitrogens is 2. The maximum Gasteiger partial charge on any atom is 0.318 e. The molecular formula is C15H16FN5O3. The highest BCUT2D eigenvalue weighted by molar-refractivity contribution is 6.45. The molecule has 1 aromatic heterocycles. The number of likely N-dealkylation sites (N-methyl/N-ethyl adjacent to an activating group) is 1. The molecule has 1 aromatic carbocycles. The van der Waals surface area contributed by atoms with Gasteiger partial charge in [0.1, 0.15) is 13.7 Å². The summed E-state index contributed by atoms with van der Waals surface area (Å²) >= 11 is 0. The maximum absolute atomic E-state index is 13.1. The highest BCUT2D eigenvalue weighted by Gasteiger charge is 2.17. The molecule has 0 aliphatic heterocycles. The Kier molecular flexibility index (Phi) is 5.61. The van der Waals surface area contributed by atoms with Crippen LogP contribution in [0.5, 0.6) is 6.01 Å². The number of ether oxygens (including phenoxy) is 1. The quantitative estimate of drug-likeness (QED) is 0.599. The molecule has 1 amide bonds. The van der Waals surface area contributed by atoms with Crippen LogP contribution in [0, 0.1) is 5.82 Å². The topological polar surface area (TPSA) is 112 Å². The van der Waals surface area contributed by atoms with Crippen LogP contribution in [0.4, 0.5) is 10.2 Å². The standard InChI is InChI=1S/C15H16FN5O3/c1-18-14(22)12(21-23-2)10-6-4-3-5-9(10)8-24-15-19-7-11(16)13(17)20-15/h3-7H,8H2,1-2H3,(H,18,22)(H2,17,19,20)/b21-12+. The minimum absolute atomic E-state index is 0.0287. The number of halogens is 1. The molecule has 0 fully saturated rings. The van der Waals surface area contributed by atoms with Gasteiger partial charge in [-0.25, -0.2) is 9.37 Å². The number of nitrogens with two attached hydrogens (primary N) is 1. The summed E-state index contributed by atoms with van der Waals surface area (Å²) in [5.41, 5.74) is 6.63. The third kappa shape index (κ3) is 3.94. The van der Waals surface area contributed by atoms with Gasteiger partial charge in [0.05, 0.1) is 6.20 Å². The lowest BCUT2D eigenvalue weighted by atomic mass is 10.0. The van der Waals surface area contributed by atoms with Gasteiger partial charge in [0.2, 0.25) is 0 Å². The fourth-order valence-corrected chi connectivity index (χ4v) is 1.88. The molecule has 0 spiro atoms. The molecule has 0 saturated heterocycles. The molecule has 0 bridgehead atoms. The fraction of sp³-hybridized carbons (Fsp3) is 0.200. The van der Waals surface area contributed by atoms with Gasteiger partial charge < -0.3 is 20.6 Å². The van der Waals surface area contributed by atoms with E-state index in [1.807, 2.05) is 0 Å². The Labute approximate surface area is 137 Å². The van der Waals surface area contributed by atoms with Crippen LogP contribution >= 0.6 is 0 Å². The summed E-state index contributed by atoms with van der Waals surface area (Å²) in [5.74, 6) is -1.44. The summed E-state index contributed by atoms with van der Waals surface area (Å²) in [6.07, 6.45) is 0.923. The monoisotopic (exact) mass is 333 g/mol. The summed E-state index contributed by atoms with van der Waals surface area (Å²) in [7, 11) is 2.83. The predicted molar refractivity (Wildman–Crippen MR) is 84.8 cm³/mol. The van der Waals surface area contributed by atoms with E-state index in [1.165, 1.54) is 14.2 Å². The highest BCUT2D eigenvalue weighted by Crippen LogP contribution is 2.15. The second-order valence-corrected chi connectivity index (χ2v) is 4.53. The fourth-order valence-electron chi connectivity index (χ4n) is 1.88. The van der Waals surface area contributed by atoms with Crippen molar-refractivity contribution in [1.29, 1.82) is 0 Å². The van der Waals surface area contributed by atoms with Gasteiger partial charge in [-0.2, -0.15) is 4.98 Å². The van der Waals surface area contributed by atoms with Crippen molar-refractivity contribution in [2.75, 3.05) is 19.9 Å². The van der Waals surface area contributed by atoms with Crippen molar-refractivity contribution >= 4 is 17.4 Å². The van der Waals surface area contributed by atoms with Crippen molar-refractivity contribution in [3.05, 3.63) is 47.4 Å². The van der Waals surface area contributed by atoms with E-state index in [0.29, 0.717) is 11.1 Å². The number of amides is 1. The van der Waals surface area contributed by atoms with E-state index in [2.05, 4.69) is 20.4 Å². The van der Waals surface area contributed by atoms with E-state index < -0.39 is 11.7 Å². The number of nitrogen functional groups attached to an aromatic ring is 1. The van der Waals surface area contributed by atoms with Crippen LogP contribution in [-0.4, -0.2) is 35.7 Å². The summed E-state index contributed by atoms with van der Waals surface area (Å²) in [6, 6.07) is 6.89. The predicted octanol–water partition coefficient (Wildman–Crippen LogP) is 0.873. The van der Waals surface area contributed by atoms with Gasteiger partial charge in [-0.05, 0) is 5.56 Å². The van der Waals surface area contributed by atoms with E-state index in [9.17, 15) is 9.18 Å². The molecule has 0 saturated carbocycles. The van der Waals surface area contributed by atoms with E-state index >= 15 is 0 Å². The number of carbonyl (C=O) groups excluding carboxylic acids is 1. The summed E-state index contributed by atoms with van der Waals surface area (Å²) in [5, 5.41) is 6.24.